The summed E-state index contributed by atoms with van der Waals surface area (Å²) >= 11 is 0. The van der Waals surface area contributed by atoms with Crippen LogP contribution in [0.3, 0.4) is 0 Å². The van der Waals surface area contributed by atoms with Crippen LogP contribution in [-0.2, 0) is 9.47 Å². The van der Waals surface area contributed by atoms with Gasteiger partial charge in [0, 0.05) is 18.1 Å². The van der Waals surface area contributed by atoms with Crippen molar-refractivity contribution in [1.82, 2.24) is 0 Å². The zero-order valence-electron chi connectivity index (χ0n) is 11.0. The lowest BCUT2D eigenvalue weighted by atomic mass is 9.94. The standard InChI is InChI=1S/C15H20O4/c16-15-11(10-19-14-7-3-4-8-17-14)9-18-13-6-2-1-5-12(13)15/h1-2,5-6,11,14-16H,3-4,7-10H2. The monoisotopic (exact) mass is 264 g/mol. The van der Waals surface area contributed by atoms with Crippen LogP contribution in [0, 0.1) is 5.92 Å². The normalized spacial score (nSPS) is 30.5. The molecule has 1 aromatic rings. The van der Waals surface area contributed by atoms with E-state index in [-0.39, 0.29) is 12.2 Å². The Balaban J connectivity index is 1.57. The first-order valence-electron chi connectivity index (χ1n) is 6.97. The molecule has 0 aromatic heterocycles. The van der Waals surface area contributed by atoms with Gasteiger partial charge in [0.1, 0.15) is 5.75 Å². The Labute approximate surface area is 113 Å². The van der Waals surface area contributed by atoms with E-state index in [1.807, 2.05) is 24.3 Å². The highest BCUT2D eigenvalue weighted by Crippen LogP contribution is 2.35. The maximum Gasteiger partial charge on any atom is 0.157 e. The molecule has 0 bridgehead atoms. The molecule has 0 radical (unpaired) electrons. The molecule has 1 N–H and O–H groups in total. The number of para-hydroxylation sites is 1. The molecular weight excluding hydrogens is 244 g/mol. The summed E-state index contributed by atoms with van der Waals surface area (Å²) in [4.78, 5) is 0. The Morgan fingerprint density at radius 2 is 2.16 bits per heavy atom. The summed E-state index contributed by atoms with van der Waals surface area (Å²) < 4.78 is 16.9. The molecule has 19 heavy (non-hydrogen) atoms. The molecule has 104 valence electrons. The van der Waals surface area contributed by atoms with Crippen LogP contribution in [0.1, 0.15) is 30.9 Å². The third-order valence-electron chi connectivity index (χ3n) is 3.77. The van der Waals surface area contributed by atoms with Crippen LogP contribution in [0.5, 0.6) is 5.75 Å². The van der Waals surface area contributed by atoms with E-state index in [1.165, 1.54) is 0 Å². The maximum atomic E-state index is 10.3. The Hall–Kier alpha value is -1.10. The Morgan fingerprint density at radius 1 is 1.26 bits per heavy atom. The fourth-order valence-electron chi connectivity index (χ4n) is 2.61. The van der Waals surface area contributed by atoms with Crippen LogP contribution in [0.4, 0.5) is 0 Å². The molecule has 3 atom stereocenters. The molecule has 0 spiro atoms. The van der Waals surface area contributed by atoms with Crippen LogP contribution in [0.2, 0.25) is 0 Å². The van der Waals surface area contributed by atoms with Crippen LogP contribution in [0.25, 0.3) is 0 Å². The second kappa shape index (κ2) is 5.90. The van der Waals surface area contributed by atoms with Crippen molar-refractivity contribution in [3.05, 3.63) is 29.8 Å². The van der Waals surface area contributed by atoms with Gasteiger partial charge in [-0.15, -0.1) is 0 Å². The molecule has 1 aromatic carbocycles. The van der Waals surface area contributed by atoms with Crippen LogP contribution in [0.15, 0.2) is 24.3 Å². The average Bonchev–Trinajstić information content (AvgIpc) is 2.48. The zero-order valence-corrected chi connectivity index (χ0v) is 11.0. The lowest BCUT2D eigenvalue weighted by molar-refractivity contribution is -0.177. The molecule has 3 unspecified atom stereocenters. The third-order valence-corrected chi connectivity index (χ3v) is 3.77. The van der Waals surface area contributed by atoms with Gasteiger partial charge in [-0.2, -0.15) is 0 Å². The molecule has 2 heterocycles. The summed E-state index contributed by atoms with van der Waals surface area (Å²) in [7, 11) is 0. The minimum Gasteiger partial charge on any atom is -0.493 e. The zero-order chi connectivity index (χ0) is 13.1. The van der Waals surface area contributed by atoms with Crippen molar-refractivity contribution < 1.29 is 19.3 Å². The first kappa shape index (κ1) is 12.9. The molecular formula is C15H20O4. The molecule has 1 fully saturated rings. The van der Waals surface area contributed by atoms with Gasteiger partial charge in [0.25, 0.3) is 0 Å². The van der Waals surface area contributed by atoms with Gasteiger partial charge in [0.05, 0.1) is 19.3 Å². The van der Waals surface area contributed by atoms with E-state index in [1.54, 1.807) is 0 Å². The van der Waals surface area contributed by atoms with E-state index in [4.69, 9.17) is 14.2 Å². The molecule has 0 amide bonds. The Bertz CT molecular complexity index is 414. The topological polar surface area (TPSA) is 47.9 Å². The summed E-state index contributed by atoms with van der Waals surface area (Å²) in [5.74, 6) is 0.751. The highest BCUT2D eigenvalue weighted by molar-refractivity contribution is 5.36. The molecule has 4 nitrogen and oxygen atoms in total. The fraction of sp³-hybridized carbons (Fsp3) is 0.600. The van der Waals surface area contributed by atoms with Crippen molar-refractivity contribution in [3.8, 4) is 5.75 Å². The Kier molecular flexibility index (Phi) is 4.01. The van der Waals surface area contributed by atoms with Crippen molar-refractivity contribution >= 4 is 0 Å². The maximum absolute atomic E-state index is 10.3. The first-order valence-corrected chi connectivity index (χ1v) is 6.97. The number of rotatable bonds is 3. The molecule has 1 saturated heterocycles. The third kappa shape index (κ3) is 2.91. The smallest absolute Gasteiger partial charge is 0.157 e. The highest BCUT2D eigenvalue weighted by Gasteiger charge is 2.30. The van der Waals surface area contributed by atoms with Crippen molar-refractivity contribution in [2.24, 2.45) is 5.92 Å². The number of fused-ring (bicyclic) bond motifs is 1. The van der Waals surface area contributed by atoms with Crippen LogP contribution >= 0.6 is 0 Å². The molecule has 2 aliphatic rings. The predicted molar refractivity (Wildman–Crippen MR) is 69.9 cm³/mol. The number of ether oxygens (including phenoxy) is 3. The average molecular weight is 264 g/mol. The van der Waals surface area contributed by atoms with Gasteiger partial charge in [-0.3, -0.25) is 0 Å². The number of hydrogen-bond acceptors (Lipinski definition) is 4. The minimum absolute atomic E-state index is 0.0274. The second-order valence-electron chi connectivity index (χ2n) is 5.18. The molecule has 0 aliphatic carbocycles. The van der Waals surface area contributed by atoms with Crippen molar-refractivity contribution in [2.45, 2.75) is 31.7 Å². The number of aliphatic hydroxyl groups is 1. The number of hydrogen-bond donors (Lipinski definition) is 1. The summed E-state index contributed by atoms with van der Waals surface area (Å²) in [6.45, 7) is 1.74. The van der Waals surface area contributed by atoms with Crippen molar-refractivity contribution in [3.63, 3.8) is 0 Å². The lowest BCUT2D eigenvalue weighted by Crippen LogP contribution is -2.32. The number of benzene rings is 1. The summed E-state index contributed by atoms with van der Waals surface area (Å²) in [5.41, 5.74) is 0.854. The van der Waals surface area contributed by atoms with Crippen LogP contribution < -0.4 is 4.74 Å². The Morgan fingerprint density at radius 3 is 3.00 bits per heavy atom. The quantitative estimate of drug-likeness (QED) is 0.909. The van der Waals surface area contributed by atoms with Crippen molar-refractivity contribution in [2.75, 3.05) is 19.8 Å². The van der Waals surface area contributed by atoms with E-state index in [9.17, 15) is 5.11 Å². The SMILES string of the molecule is OC1c2ccccc2OCC1COC1CCCCO1. The van der Waals surface area contributed by atoms with Gasteiger partial charge in [0.15, 0.2) is 6.29 Å². The molecule has 4 heteroatoms. The summed E-state index contributed by atoms with van der Waals surface area (Å²) in [6.07, 6.45) is 2.58. The van der Waals surface area contributed by atoms with Gasteiger partial charge in [-0.05, 0) is 25.3 Å². The molecule has 2 aliphatic heterocycles. The second-order valence-corrected chi connectivity index (χ2v) is 5.18. The fourth-order valence-corrected chi connectivity index (χ4v) is 2.61. The van der Waals surface area contributed by atoms with E-state index in [2.05, 4.69) is 0 Å². The van der Waals surface area contributed by atoms with Crippen molar-refractivity contribution in [1.29, 1.82) is 0 Å². The lowest BCUT2D eigenvalue weighted by Gasteiger charge is -2.31. The van der Waals surface area contributed by atoms with E-state index in [0.717, 1.165) is 37.2 Å². The van der Waals surface area contributed by atoms with Gasteiger partial charge in [0.2, 0.25) is 0 Å². The minimum atomic E-state index is -0.520. The first-order chi connectivity index (χ1) is 9.34. The van der Waals surface area contributed by atoms with Gasteiger partial charge < -0.3 is 19.3 Å². The summed E-state index contributed by atoms with van der Waals surface area (Å²) in [6, 6.07) is 7.63. The largest absolute Gasteiger partial charge is 0.493 e. The van der Waals surface area contributed by atoms with E-state index >= 15 is 0 Å². The predicted octanol–water partition coefficient (Wildman–Crippen LogP) is 2.27. The summed E-state index contributed by atoms with van der Waals surface area (Å²) in [5, 5.41) is 10.3. The van der Waals surface area contributed by atoms with E-state index < -0.39 is 6.10 Å². The van der Waals surface area contributed by atoms with Gasteiger partial charge in [-0.1, -0.05) is 18.2 Å². The molecule has 0 saturated carbocycles. The highest BCUT2D eigenvalue weighted by atomic mass is 16.7. The van der Waals surface area contributed by atoms with Gasteiger partial charge >= 0.3 is 0 Å². The van der Waals surface area contributed by atoms with E-state index in [0.29, 0.717) is 13.2 Å². The van der Waals surface area contributed by atoms with Crippen LogP contribution in [-0.4, -0.2) is 31.2 Å². The van der Waals surface area contributed by atoms with Gasteiger partial charge in [-0.25, -0.2) is 0 Å². The molecule has 3 rings (SSSR count). The number of aliphatic hydroxyl groups excluding tert-OH is 1.